The van der Waals surface area contributed by atoms with E-state index in [0.717, 1.165) is 6.08 Å². The number of hydrogen-bond acceptors (Lipinski definition) is 16. The van der Waals surface area contributed by atoms with E-state index in [2.05, 4.69) is 0 Å². The van der Waals surface area contributed by atoms with E-state index in [1.807, 2.05) is 0 Å². The summed E-state index contributed by atoms with van der Waals surface area (Å²) in [7, 11) is 2.77. The first-order valence-corrected chi connectivity index (χ1v) is 14.6. The van der Waals surface area contributed by atoms with Crippen LogP contribution in [0.2, 0.25) is 0 Å². The quantitative estimate of drug-likeness (QED) is 0.0900. The van der Waals surface area contributed by atoms with E-state index in [1.54, 1.807) is 12.1 Å². The van der Waals surface area contributed by atoms with Crippen molar-refractivity contribution in [3.63, 3.8) is 0 Å². The molecular formula is C31H40O16. The average molecular weight is 669 g/mol. The Morgan fingerprint density at radius 2 is 1.49 bits per heavy atom. The highest BCUT2D eigenvalue weighted by Gasteiger charge is 2.52. The highest BCUT2D eigenvalue weighted by atomic mass is 16.7. The Labute approximate surface area is 269 Å². The third-order valence-corrected chi connectivity index (χ3v) is 7.72. The second-order valence-electron chi connectivity index (χ2n) is 10.8. The maximum absolute atomic E-state index is 12.9. The van der Waals surface area contributed by atoms with Crippen LogP contribution in [0.25, 0.3) is 6.08 Å². The minimum Gasteiger partial charge on any atom is -0.504 e. The lowest BCUT2D eigenvalue weighted by atomic mass is 9.96. The largest absolute Gasteiger partial charge is 0.504 e. The normalized spacial score (nSPS) is 31.1. The van der Waals surface area contributed by atoms with Crippen LogP contribution in [0.1, 0.15) is 11.1 Å². The van der Waals surface area contributed by atoms with Crippen molar-refractivity contribution >= 4 is 12.0 Å². The first-order valence-electron chi connectivity index (χ1n) is 14.6. The van der Waals surface area contributed by atoms with Gasteiger partial charge in [0.25, 0.3) is 0 Å². The minimum absolute atomic E-state index is 0.0539. The van der Waals surface area contributed by atoms with Gasteiger partial charge in [-0.25, -0.2) is 4.79 Å². The number of benzene rings is 2. The molecule has 2 fully saturated rings. The number of phenolic OH excluding ortho intramolecular Hbond substituents is 2. The molecule has 0 bridgehead atoms. The number of carbonyl (C=O) groups is 1. The van der Waals surface area contributed by atoms with Crippen molar-refractivity contribution in [3.05, 3.63) is 53.6 Å². The summed E-state index contributed by atoms with van der Waals surface area (Å²) in [6, 6.07) is 9.06. The van der Waals surface area contributed by atoms with Crippen LogP contribution in [0.3, 0.4) is 0 Å². The van der Waals surface area contributed by atoms with E-state index in [1.165, 1.54) is 44.6 Å². The Morgan fingerprint density at radius 3 is 2.15 bits per heavy atom. The molecule has 0 saturated carbocycles. The van der Waals surface area contributed by atoms with Gasteiger partial charge < -0.3 is 74.0 Å². The van der Waals surface area contributed by atoms with E-state index in [9.17, 15) is 45.6 Å². The van der Waals surface area contributed by atoms with Crippen molar-refractivity contribution in [1.82, 2.24) is 0 Å². The summed E-state index contributed by atoms with van der Waals surface area (Å²) in [6.45, 7) is -1.55. The van der Waals surface area contributed by atoms with Crippen LogP contribution >= 0.6 is 0 Å². The smallest absolute Gasteiger partial charge is 0.331 e. The maximum atomic E-state index is 12.9. The molecule has 16 heteroatoms. The lowest BCUT2D eigenvalue weighted by molar-refractivity contribution is -0.360. The van der Waals surface area contributed by atoms with Gasteiger partial charge in [0.15, 0.2) is 41.7 Å². The molecule has 2 aromatic rings. The molecule has 260 valence electrons. The fraction of sp³-hybridized carbons (Fsp3) is 0.516. The number of carbonyl (C=O) groups excluding carboxylic acids is 1. The molecule has 47 heavy (non-hydrogen) atoms. The molecule has 2 aliphatic heterocycles. The van der Waals surface area contributed by atoms with Crippen LogP contribution in [0.15, 0.2) is 42.5 Å². The zero-order chi connectivity index (χ0) is 34.2. The molecule has 2 aliphatic rings. The number of hydrogen-bond donors (Lipinski definition) is 8. The van der Waals surface area contributed by atoms with Gasteiger partial charge in [0.2, 0.25) is 0 Å². The number of ether oxygens (including phenoxy) is 7. The second-order valence-corrected chi connectivity index (χ2v) is 10.8. The minimum atomic E-state index is -1.86. The fourth-order valence-corrected chi connectivity index (χ4v) is 5.13. The van der Waals surface area contributed by atoms with Gasteiger partial charge >= 0.3 is 5.97 Å². The second kappa shape index (κ2) is 16.5. The van der Waals surface area contributed by atoms with E-state index >= 15 is 0 Å². The third-order valence-electron chi connectivity index (χ3n) is 7.72. The van der Waals surface area contributed by atoms with Gasteiger partial charge in [-0.2, -0.15) is 0 Å². The van der Waals surface area contributed by atoms with Crippen molar-refractivity contribution in [3.8, 4) is 23.0 Å². The number of aliphatic hydroxyl groups is 6. The van der Waals surface area contributed by atoms with Gasteiger partial charge in [0.05, 0.1) is 34.0 Å². The topological polar surface area (TPSA) is 244 Å². The molecule has 0 unspecified atom stereocenters. The number of esters is 1. The van der Waals surface area contributed by atoms with Crippen molar-refractivity contribution in [2.45, 2.75) is 67.8 Å². The van der Waals surface area contributed by atoms with Crippen LogP contribution in [0.5, 0.6) is 23.0 Å². The number of aromatic hydroxyl groups is 2. The van der Waals surface area contributed by atoms with Gasteiger partial charge in [0, 0.05) is 6.08 Å². The first-order chi connectivity index (χ1) is 22.5. The summed E-state index contributed by atoms with van der Waals surface area (Å²) in [6.07, 6.45) is -13.5. The lowest BCUT2D eigenvalue weighted by Crippen LogP contribution is -2.65. The highest BCUT2D eigenvalue weighted by Crippen LogP contribution is 2.32. The summed E-state index contributed by atoms with van der Waals surface area (Å²) >= 11 is 0. The third kappa shape index (κ3) is 8.68. The Morgan fingerprint density at radius 1 is 0.787 bits per heavy atom. The predicted molar refractivity (Wildman–Crippen MR) is 158 cm³/mol. The molecule has 0 radical (unpaired) electrons. The molecule has 10 atom stereocenters. The summed E-state index contributed by atoms with van der Waals surface area (Å²) < 4.78 is 38.4. The zero-order valence-electron chi connectivity index (χ0n) is 25.6. The number of methoxy groups -OCH3 is 2. The Hall–Kier alpha value is -3.55. The van der Waals surface area contributed by atoms with E-state index < -0.39 is 80.6 Å². The van der Waals surface area contributed by atoms with Gasteiger partial charge in [0.1, 0.15) is 42.7 Å². The Balaban J connectivity index is 1.53. The lowest BCUT2D eigenvalue weighted by Gasteiger charge is -2.46. The molecular weight excluding hydrogens is 628 g/mol. The van der Waals surface area contributed by atoms with Crippen molar-refractivity contribution in [2.24, 2.45) is 0 Å². The summed E-state index contributed by atoms with van der Waals surface area (Å²) in [5, 5.41) is 82.0. The van der Waals surface area contributed by atoms with Gasteiger partial charge in [-0.1, -0.05) is 12.1 Å². The maximum Gasteiger partial charge on any atom is 0.331 e. The molecule has 0 amide bonds. The van der Waals surface area contributed by atoms with Crippen LogP contribution in [-0.4, -0.2) is 142 Å². The number of rotatable bonds is 13. The Kier molecular flexibility index (Phi) is 12.8. The predicted octanol–water partition coefficient (Wildman–Crippen LogP) is -1.44. The summed E-state index contributed by atoms with van der Waals surface area (Å²) in [5.74, 6) is -0.725. The van der Waals surface area contributed by atoms with Gasteiger partial charge in [-0.15, -0.1) is 0 Å². The monoisotopic (exact) mass is 668 g/mol. The SMILES string of the molecule is COc1ccc(CCO[C@@H]2O[C@H](CO)[C@@H](OC(=O)C=Cc3ccc(O)c(OC)c3)[C@H](O[C@@H]3O[C@H](CO)[C@@H](O)[C@H](O)[C@H]3O)[C@H]2O)cc1O. The molecule has 2 aromatic carbocycles. The molecule has 0 aliphatic carbocycles. The van der Waals surface area contributed by atoms with E-state index in [4.69, 9.17) is 33.2 Å². The molecule has 0 spiro atoms. The molecule has 2 saturated heterocycles. The van der Waals surface area contributed by atoms with Crippen LogP contribution in [0, 0.1) is 0 Å². The van der Waals surface area contributed by atoms with Crippen LogP contribution in [0.4, 0.5) is 0 Å². The molecule has 2 heterocycles. The molecule has 4 rings (SSSR count). The first kappa shape index (κ1) is 36.3. The fourth-order valence-electron chi connectivity index (χ4n) is 5.13. The highest BCUT2D eigenvalue weighted by molar-refractivity contribution is 5.87. The van der Waals surface area contributed by atoms with Gasteiger partial charge in [-0.3, -0.25) is 0 Å². The van der Waals surface area contributed by atoms with Gasteiger partial charge in [-0.05, 0) is 47.9 Å². The van der Waals surface area contributed by atoms with E-state index in [0.29, 0.717) is 11.1 Å². The molecule has 0 aromatic heterocycles. The van der Waals surface area contributed by atoms with E-state index in [-0.39, 0.29) is 36.0 Å². The van der Waals surface area contributed by atoms with Crippen molar-refractivity contribution in [1.29, 1.82) is 0 Å². The summed E-state index contributed by atoms with van der Waals surface area (Å²) in [4.78, 5) is 12.9. The van der Waals surface area contributed by atoms with Crippen molar-refractivity contribution in [2.75, 3.05) is 34.0 Å². The zero-order valence-corrected chi connectivity index (χ0v) is 25.6. The summed E-state index contributed by atoms with van der Waals surface area (Å²) in [5.41, 5.74) is 1.12. The molecule has 8 N–H and O–H groups in total. The van der Waals surface area contributed by atoms with Crippen molar-refractivity contribution < 1.29 is 78.8 Å². The standard InChI is InChI=1S/C31H40O16/c1-41-19-7-4-16(11-18(19)35)9-10-43-30-27(40)29(47-31-26(39)25(38)24(37)21(13-32)44-31)28(22(14-33)45-30)46-23(36)8-5-15-3-6-17(34)20(12-15)42-2/h3-8,11-12,21-22,24-35,37-40H,9-10,13-14H2,1-2H3/t21-,22-,24-,25+,26-,27-,28-,29-,30-,31+/m1/s1. The van der Waals surface area contributed by atoms with Crippen LogP contribution in [-0.2, 0) is 34.9 Å². The molecule has 16 nitrogen and oxygen atoms in total. The number of aliphatic hydroxyl groups excluding tert-OH is 6. The average Bonchev–Trinajstić information content (AvgIpc) is 3.06. The van der Waals surface area contributed by atoms with Crippen LogP contribution < -0.4 is 9.47 Å². The Bertz CT molecular complexity index is 1350. The number of phenols is 2.